The lowest BCUT2D eigenvalue weighted by Gasteiger charge is -2.07. The van der Waals surface area contributed by atoms with Gasteiger partial charge in [0.25, 0.3) is 5.91 Å². The van der Waals surface area contributed by atoms with Crippen molar-refractivity contribution in [3.8, 4) is 16.9 Å². The molecule has 0 atom stereocenters. The molecule has 9 heteroatoms. The van der Waals surface area contributed by atoms with E-state index >= 15 is 0 Å². The summed E-state index contributed by atoms with van der Waals surface area (Å²) in [6.45, 7) is 1.94. The standard InChI is InChI=1S/C21H16F2N6O/c1-12-9-10-25-27-18(12)13-5-7-14(8-6-13)26-17-11-29(28-19(17)21(24)30)20-15(22)3-2-4-16(20)23/h2-11,26H,1H3,(H2,24,30). The number of halogens is 2. The number of benzene rings is 2. The van der Waals surface area contributed by atoms with Crippen LogP contribution in [-0.2, 0) is 0 Å². The minimum Gasteiger partial charge on any atom is -0.364 e. The number of anilines is 2. The average molecular weight is 406 g/mol. The molecule has 2 aromatic heterocycles. The lowest BCUT2D eigenvalue weighted by molar-refractivity contribution is 0.0996. The molecule has 30 heavy (non-hydrogen) atoms. The Morgan fingerprint density at radius 1 is 1.07 bits per heavy atom. The zero-order valence-corrected chi connectivity index (χ0v) is 15.8. The second-order valence-electron chi connectivity index (χ2n) is 6.54. The van der Waals surface area contributed by atoms with E-state index in [9.17, 15) is 13.6 Å². The highest BCUT2D eigenvalue weighted by atomic mass is 19.1. The van der Waals surface area contributed by atoms with Crippen LogP contribution in [0.5, 0.6) is 0 Å². The van der Waals surface area contributed by atoms with Gasteiger partial charge in [0, 0.05) is 17.4 Å². The van der Waals surface area contributed by atoms with E-state index in [4.69, 9.17) is 5.73 Å². The van der Waals surface area contributed by atoms with Crippen molar-refractivity contribution >= 4 is 17.3 Å². The summed E-state index contributed by atoms with van der Waals surface area (Å²) in [5.41, 5.74) is 8.29. The number of hydrogen-bond donors (Lipinski definition) is 2. The van der Waals surface area contributed by atoms with Crippen molar-refractivity contribution in [3.05, 3.63) is 83.8 Å². The number of nitrogens with two attached hydrogens (primary N) is 1. The molecule has 1 amide bonds. The monoisotopic (exact) mass is 406 g/mol. The lowest BCUT2D eigenvalue weighted by atomic mass is 10.1. The quantitative estimate of drug-likeness (QED) is 0.526. The van der Waals surface area contributed by atoms with E-state index in [1.54, 1.807) is 18.3 Å². The van der Waals surface area contributed by atoms with Crippen molar-refractivity contribution in [1.29, 1.82) is 0 Å². The predicted molar refractivity (Wildman–Crippen MR) is 107 cm³/mol. The van der Waals surface area contributed by atoms with Gasteiger partial charge in [0.2, 0.25) is 0 Å². The highest BCUT2D eigenvalue weighted by Gasteiger charge is 2.19. The third-order valence-corrected chi connectivity index (χ3v) is 4.47. The third-order valence-electron chi connectivity index (χ3n) is 4.47. The van der Waals surface area contributed by atoms with Crippen molar-refractivity contribution in [2.75, 3.05) is 5.32 Å². The highest BCUT2D eigenvalue weighted by molar-refractivity contribution is 5.97. The van der Waals surface area contributed by atoms with Crippen LogP contribution in [0.3, 0.4) is 0 Å². The van der Waals surface area contributed by atoms with Gasteiger partial charge in [-0.3, -0.25) is 4.79 Å². The number of aryl methyl sites for hydroxylation is 1. The Labute approximate surface area is 170 Å². The van der Waals surface area contributed by atoms with E-state index < -0.39 is 23.2 Å². The molecular formula is C21H16F2N6O. The fraction of sp³-hybridized carbons (Fsp3) is 0.0476. The number of rotatable bonds is 5. The summed E-state index contributed by atoms with van der Waals surface area (Å²) in [5, 5.41) is 15.0. The first-order chi connectivity index (χ1) is 14.4. The van der Waals surface area contributed by atoms with Crippen LogP contribution >= 0.6 is 0 Å². The Bertz CT molecular complexity index is 1220. The normalized spacial score (nSPS) is 10.8. The third kappa shape index (κ3) is 3.60. The van der Waals surface area contributed by atoms with Gasteiger partial charge >= 0.3 is 0 Å². The van der Waals surface area contributed by atoms with Crippen molar-refractivity contribution in [2.45, 2.75) is 6.92 Å². The number of primary amides is 1. The van der Waals surface area contributed by atoms with Crippen LogP contribution < -0.4 is 11.1 Å². The van der Waals surface area contributed by atoms with Crippen LogP contribution in [0.4, 0.5) is 20.2 Å². The zero-order valence-electron chi connectivity index (χ0n) is 15.8. The van der Waals surface area contributed by atoms with Crippen LogP contribution in [0.1, 0.15) is 16.1 Å². The van der Waals surface area contributed by atoms with Gasteiger partial charge < -0.3 is 11.1 Å². The molecule has 0 aliphatic carbocycles. The van der Waals surface area contributed by atoms with Gasteiger partial charge in [-0.25, -0.2) is 13.5 Å². The molecule has 0 aliphatic rings. The number of nitrogens with one attached hydrogen (secondary N) is 1. The molecule has 0 radical (unpaired) electrons. The van der Waals surface area contributed by atoms with Crippen LogP contribution in [0.15, 0.2) is 60.9 Å². The van der Waals surface area contributed by atoms with Gasteiger partial charge in [0.05, 0.1) is 17.6 Å². The van der Waals surface area contributed by atoms with Crippen molar-refractivity contribution in [2.24, 2.45) is 5.73 Å². The van der Waals surface area contributed by atoms with Gasteiger partial charge in [-0.2, -0.15) is 15.3 Å². The van der Waals surface area contributed by atoms with E-state index in [2.05, 4.69) is 20.6 Å². The first-order valence-corrected chi connectivity index (χ1v) is 8.93. The van der Waals surface area contributed by atoms with Crippen LogP contribution in [0.25, 0.3) is 16.9 Å². The molecule has 0 saturated heterocycles. The van der Waals surface area contributed by atoms with Crippen molar-refractivity contribution in [3.63, 3.8) is 0 Å². The number of hydrogen-bond acceptors (Lipinski definition) is 5. The molecule has 7 nitrogen and oxygen atoms in total. The van der Waals surface area contributed by atoms with Crippen LogP contribution in [-0.4, -0.2) is 25.9 Å². The second kappa shape index (κ2) is 7.70. The van der Waals surface area contributed by atoms with Crippen LogP contribution in [0, 0.1) is 18.6 Å². The maximum Gasteiger partial charge on any atom is 0.271 e. The zero-order chi connectivity index (χ0) is 21.3. The summed E-state index contributed by atoms with van der Waals surface area (Å²) in [5.74, 6) is -2.47. The molecule has 0 bridgehead atoms. The lowest BCUT2D eigenvalue weighted by Crippen LogP contribution is -2.14. The molecular weight excluding hydrogens is 390 g/mol. The van der Waals surface area contributed by atoms with Gasteiger partial charge in [0.1, 0.15) is 5.69 Å². The number of carbonyl (C=O) groups excluding carboxylic acids is 1. The molecule has 0 spiro atoms. The Hall–Kier alpha value is -4.14. The summed E-state index contributed by atoms with van der Waals surface area (Å²) >= 11 is 0. The largest absolute Gasteiger partial charge is 0.364 e. The Balaban J connectivity index is 1.67. The van der Waals surface area contributed by atoms with Gasteiger partial charge in [0.15, 0.2) is 17.3 Å². The van der Waals surface area contributed by atoms with E-state index in [-0.39, 0.29) is 11.4 Å². The van der Waals surface area contributed by atoms with Crippen LogP contribution in [0.2, 0.25) is 0 Å². The Kier molecular flexibility index (Phi) is 4.93. The van der Waals surface area contributed by atoms with Crippen molar-refractivity contribution < 1.29 is 13.6 Å². The van der Waals surface area contributed by atoms with Gasteiger partial charge in [-0.15, -0.1) is 0 Å². The minimum absolute atomic E-state index is 0.147. The SMILES string of the molecule is Cc1ccnnc1-c1ccc(Nc2cn(-c3c(F)cccc3F)nc2C(N)=O)cc1. The molecule has 0 unspecified atom stereocenters. The Morgan fingerprint density at radius 3 is 2.40 bits per heavy atom. The summed E-state index contributed by atoms with van der Waals surface area (Å²) in [6, 6.07) is 12.5. The van der Waals surface area contributed by atoms with E-state index in [0.29, 0.717) is 5.69 Å². The van der Waals surface area contributed by atoms with Gasteiger partial charge in [-0.1, -0.05) is 18.2 Å². The second-order valence-corrected chi connectivity index (χ2v) is 6.54. The molecule has 2 heterocycles. The number of carbonyl (C=O) groups is 1. The van der Waals surface area contributed by atoms with E-state index in [1.807, 2.05) is 25.1 Å². The predicted octanol–water partition coefficient (Wildman–Crippen LogP) is 3.76. The summed E-state index contributed by atoms with van der Waals surface area (Å²) in [4.78, 5) is 11.8. The number of amides is 1. The molecule has 4 rings (SSSR count). The van der Waals surface area contributed by atoms with E-state index in [1.165, 1.54) is 12.3 Å². The number of para-hydroxylation sites is 1. The maximum absolute atomic E-state index is 14.1. The number of nitrogens with zero attached hydrogens (tertiary/aromatic N) is 4. The summed E-state index contributed by atoms with van der Waals surface area (Å²) in [7, 11) is 0. The highest BCUT2D eigenvalue weighted by Crippen LogP contribution is 2.26. The Morgan fingerprint density at radius 2 is 1.77 bits per heavy atom. The molecule has 0 aliphatic heterocycles. The fourth-order valence-corrected chi connectivity index (χ4v) is 3.02. The van der Waals surface area contributed by atoms with Crippen molar-refractivity contribution in [1.82, 2.24) is 20.0 Å². The molecule has 3 N–H and O–H groups in total. The first kappa shape index (κ1) is 19.2. The number of aromatic nitrogens is 4. The first-order valence-electron chi connectivity index (χ1n) is 8.93. The molecule has 2 aromatic carbocycles. The average Bonchev–Trinajstić information content (AvgIpc) is 3.12. The van der Waals surface area contributed by atoms with Gasteiger partial charge in [-0.05, 0) is 42.8 Å². The summed E-state index contributed by atoms with van der Waals surface area (Å²) in [6.07, 6.45) is 2.93. The minimum atomic E-state index is -0.834. The van der Waals surface area contributed by atoms with E-state index in [0.717, 1.165) is 33.6 Å². The molecule has 150 valence electrons. The summed E-state index contributed by atoms with van der Waals surface area (Å²) < 4.78 is 29.1. The molecule has 0 fully saturated rings. The maximum atomic E-state index is 14.1. The smallest absolute Gasteiger partial charge is 0.271 e. The topological polar surface area (TPSA) is 98.7 Å². The molecule has 0 saturated carbocycles. The molecule has 4 aromatic rings. The fourth-order valence-electron chi connectivity index (χ4n) is 3.02.